The Morgan fingerprint density at radius 1 is 1.33 bits per heavy atom. The highest BCUT2D eigenvalue weighted by Crippen LogP contribution is 2.52. The van der Waals surface area contributed by atoms with E-state index in [0.717, 1.165) is 62.6 Å². The molecule has 1 aromatic heterocycles. The second-order valence-electron chi connectivity index (χ2n) is 7.60. The summed E-state index contributed by atoms with van der Waals surface area (Å²) in [7, 11) is 0. The number of nitrogen functional groups attached to an aromatic ring is 1. The predicted octanol–water partition coefficient (Wildman–Crippen LogP) is 1.70. The summed E-state index contributed by atoms with van der Waals surface area (Å²) in [6.07, 6.45) is 7.72. The SMILES string of the molecule is CC[C@]1(CO)C[C@H]2CC[C@@H]1N2C(=O)c1nc(N)nc2c1CCCC2. The Balaban J connectivity index is 1.72. The Morgan fingerprint density at radius 2 is 2.12 bits per heavy atom. The molecule has 6 heteroatoms. The molecule has 24 heavy (non-hydrogen) atoms. The maximum Gasteiger partial charge on any atom is 0.273 e. The predicted molar refractivity (Wildman–Crippen MR) is 90.5 cm³/mol. The fraction of sp³-hybridized carbons (Fsp3) is 0.722. The first-order chi connectivity index (χ1) is 11.6. The highest BCUT2D eigenvalue weighted by atomic mass is 16.3. The van der Waals surface area contributed by atoms with Crippen LogP contribution < -0.4 is 5.73 Å². The van der Waals surface area contributed by atoms with Gasteiger partial charge in [0.2, 0.25) is 5.95 Å². The van der Waals surface area contributed by atoms with Crippen molar-refractivity contribution >= 4 is 11.9 Å². The van der Waals surface area contributed by atoms with Crippen LogP contribution in [0.15, 0.2) is 0 Å². The first kappa shape index (κ1) is 15.8. The highest BCUT2D eigenvalue weighted by molar-refractivity contribution is 5.95. The minimum Gasteiger partial charge on any atom is -0.396 e. The molecule has 1 amide bonds. The van der Waals surface area contributed by atoms with Gasteiger partial charge in [-0.2, -0.15) is 0 Å². The quantitative estimate of drug-likeness (QED) is 0.880. The molecule has 0 aromatic carbocycles. The highest BCUT2D eigenvalue weighted by Gasteiger charge is 2.56. The molecule has 0 saturated carbocycles. The van der Waals surface area contributed by atoms with E-state index in [0.29, 0.717) is 5.69 Å². The van der Waals surface area contributed by atoms with Crippen molar-refractivity contribution in [2.45, 2.75) is 70.4 Å². The summed E-state index contributed by atoms with van der Waals surface area (Å²) in [4.78, 5) is 24.1. The van der Waals surface area contributed by atoms with E-state index in [2.05, 4.69) is 16.9 Å². The topological polar surface area (TPSA) is 92.3 Å². The fourth-order valence-corrected chi connectivity index (χ4v) is 5.17. The zero-order valence-electron chi connectivity index (χ0n) is 14.3. The van der Waals surface area contributed by atoms with Gasteiger partial charge >= 0.3 is 0 Å². The molecule has 3 N–H and O–H groups in total. The number of hydrogen-bond acceptors (Lipinski definition) is 5. The molecule has 130 valence electrons. The van der Waals surface area contributed by atoms with Crippen LogP contribution in [0.5, 0.6) is 0 Å². The number of anilines is 1. The van der Waals surface area contributed by atoms with E-state index in [1.165, 1.54) is 0 Å². The van der Waals surface area contributed by atoms with Crippen molar-refractivity contribution in [3.05, 3.63) is 17.0 Å². The normalized spacial score (nSPS) is 31.3. The Morgan fingerprint density at radius 3 is 2.83 bits per heavy atom. The molecule has 2 fully saturated rings. The van der Waals surface area contributed by atoms with E-state index in [-0.39, 0.29) is 36.0 Å². The number of carbonyl (C=O) groups excluding carboxylic acids is 1. The van der Waals surface area contributed by atoms with Gasteiger partial charge < -0.3 is 15.7 Å². The summed E-state index contributed by atoms with van der Waals surface area (Å²) in [5, 5.41) is 9.96. The van der Waals surface area contributed by atoms with Gasteiger partial charge in [-0.05, 0) is 51.4 Å². The van der Waals surface area contributed by atoms with Gasteiger partial charge in [0.05, 0.1) is 6.61 Å². The Kier molecular flexibility index (Phi) is 3.75. The fourth-order valence-electron chi connectivity index (χ4n) is 5.17. The van der Waals surface area contributed by atoms with Crippen LogP contribution in [0.3, 0.4) is 0 Å². The van der Waals surface area contributed by atoms with Crippen LogP contribution >= 0.6 is 0 Å². The van der Waals surface area contributed by atoms with Crippen molar-refractivity contribution in [3.63, 3.8) is 0 Å². The maximum absolute atomic E-state index is 13.4. The van der Waals surface area contributed by atoms with Crippen LogP contribution in [-0.4, -0.2) is 44.6 Å². The third-order valence-corrected chi connectivity index (χ3v) is 6.51. The average Bonchev–Trinajstić information content (AvgIpc) is 3.16. The number of nitrogens with zero attached hydrogens (tertiary/aromatic N) is 3. The zero-order chi connectivity index (χ0) is 16.9. The molecule has 2 aliphatic heterocycles. The number of carbonyl (C=O) groups is 1. The average molecular weight is 330 g/mol. The van der Waals surface area contributed by atoms with Gasteiger partial charge in [0.25, 0.3) is 5.91 Å². The number of aliphatic hydroxyl groups is 1. The van der Waals surface area contributed by atoms with E-state index < -0.39 is 0 Å². The van der Waals surface area contributed by atoms with E-state index in [9.17, 15) is 9.90 Å². The summed E-state index contributed by atoms with van der Waals surface area (Å²) in [6.45, 7) is 2.27. The number of amides is 1. The minimum absolute atomic E-state index is 0.00137. The van der Waals surface area contributed by atoms with Crippen molar-refractivity contribution in [2.75, 3.05) is 12.3 Å². The molecule has 4 rings (SSSR count). The number of nitrogens with two attached hydrogens (primary N) is 1. The standard InChI is InChI=1S/C18H26N4O2/c1-2-18(10-23)9-11-7-8-14(18)22(11)16(24)15-12-5-3-4-6-13(12)20-17(19)21-15/h11,14,23H,2-10H2,1H3,(H2,19,20,21)/t11-,14+,18-/m1/s1. The molecule has 0 unspecified atom stereocenters. The third-order valence-electron chi connectivity index (χ3n) is 6.51. The van der Waals surface area contributed by atoms with Crippen molar-refractivity contribution in [2.24, 2.45) is 5.41 Å². The molecule has 2 saturated heterocycles. The number of aryl methyl sites for hydroxylation is 1. The zero-order valence-corrected chi connectivity index (χ0v) is 14.3. The first-order valence-electron chi connectivity index (χ1n) is 9.18. The lowest BCUT2D eigenvalue weighted by Gasteiger charge is -2.35. The molecule has 1 aromatic rings. The molecular weight excluding hydrogens is 304 g/mol. The van der Waals surface area contributed by atoms with Gasteiger partial charge in [0.15, 0.2) is 0 Å². The first-order valence-corrected chi connectivity index (χ1v) is 9.18. The van der Waals surface area contributed by atoms with Crippen molar-refractivity contribution < 1.29 is 9.90 Å². The lowest BCUT2D eigenvalue weighted by molar-refractivity contribution is 0.0551. The van der Waals surface area contributed by atoms with Crippen molar-refractivity contribution in [3.8, 4) is 0 Å². The largest absolute Gasteiger partial charge is 0.396 e. The van der Waals surface area contributed by atoms with Gasteiger partial charge in [-0.1, -0.05) is 6.92 Å². The van der Waals surface area contributed by atoms with Gasteiger partial charge in [0, 0.05) is 28.8 Å². The maximum atomic E-state index is 13.4. The van der Waals surface area contributed by atoms with Crippen molar-refractivity contribution in [1.82, 2.24) is 14.9 Å². The Hall–Kier alpha value is -1.69. The molecule has 1 aliphatic carbocycles. The Bertz CT molecular complexity index is 671. The number of aliphatic hydroxyl groups excluding tert-OH is 1. The summed E-state index contributed by atoms with van der Waals surface area (Å²) in [6, 6.07) is 0.352. The van der Waals surface area contributed by atoms with Crippen LogP contribution in [-0.2, 0) is 12.8 Å². The van der Waals surface area contributed by atoms with Crippen LogP contribution in [0.4, 0.5) is 5.95 Å². The number of rotatable bonds is 3. The van der Waals surface area contributed by atoms with Crippen LogP contribution in [0.2, 0.25) is 0 Å². The lowest BCUT2D eigenvalue weighted by Crippen LogP contribution is -2.43. The second-order valence-corrected chi connectivity index (χ2v) is 7.60. The van der Waals surface area contributed by atoms with Crippen LogP contribution in [0.1, 0.15) is 67.2 Å². The molecule has 0 spiro atoms. The minimum atomic E-state index is -0.142. The van der Waals surface area contributed by atoms with Crippen LogP contribution in [0.25, 0.3) is 0 Å². The van der Waals surface area contributed by atoms with E-state index >= 15 is 0 Å². The summed E-state index contributed by atoms with van der Waals surface area (Å²) in [5.74, 6) is 0.202. The molecule has 2 bridgehead atoms. The number of hydrogen-bond donors (Lipinski definition) is 2. The van der Waals surface area contributed by atoms with Gasteiger partial charge in [-0.25, -0.2) is 9.97 Å². The van der Waals surface area contributed by atoms with Gasteiger partial charge in [0.1, 0.15) is 5.69 Å². The van der Waals surface area contributed by atoms with Gasteiger partial charge in [-0.3, -0.25) is 4.79 Å². The molecule has 3 aliphatic rings. The number of fused-ring (bicyclic) bond motifs is 3. The van der Waals surface area contributed by atoms with E-state index in [4.69, 9.17) is 5.73 Å². The monoisotopic (exact) mass is 330 g/mol. The number of aromatic nitrogens is 2. The third kappa shape index (κ3) is 2.15. The lowest BCUT2D eigenvalue weighted by atomic mass is 9.72. The molecule has 3 heterocycles. The van der Waals surface area contributed by atoms with E-state index in [1.807, 2.05) is 4.90 Å². The van der Waals surface area contributed by atoms with E-state index in [1.54, 1.807) is 0 Å². The molecule has 3 atom stereocenters. The second kappa shape index (κ2) is 5.69. The molecular formula is C18H26N4O2. The molecule has 6 nitrogen and oxygen atoms in total. The smallest absolute Gasteiger partial charge is 0.273 e. The summed E-state index contributed by atoms with van der Waals surface area (Å²) >= 11 is 0. The molecule has 0 radical (unpaired) electrons. The van der Waals surface area contributed by atoms with Crippen LogP contribution in [0, 0.1) is 5.41 Å². The Labute approximate surface area is 142 Å². The van der Waals surface area contributed by atoms with Crippen molar-refractivity contribution in [1.29, 1.82) is 0 Å². The summed E-state index contributed by atoms with van der Waals surface area (Å²) < 4.78 is 0. The summed E-state index contributed by atoms with van der Waals surface area (Å²) in [5.41, 5.74) is 8.20. The van der Waals surface area contributed by atoms with Gasteiger partial charge in [-0.15, -0.1) is 0 Å².